The van der Waals surface area contributed by atoms with Crippen molar-refractivity contribution in [2.45, 2.75) is 25.5 Å². The Kier molecular flexibility index (Phi) is 3.18. The number of nitrogens with one attached hydrogen (secondary N) is 1. The summed E-state index contributed by atoms with van der Waals surface area (Å²) in [4.78, 5) is 2.28. The van der Waals surface area contributed by atoms with Crippen LogP contribution in [0.5, 0.6) is 0 Å². The minimum atomic E-state index is -0.0621. The van der Waals surface area contributed by atoms with E-state index in [9.17, 15) is 0 Å². The van der Waals surface area contributed by atoms with E-state index in [1.54, 1.807) is 0 Å². The summed E-state index contributed by atoms with van der Waals surface area (Å²) < 4.78 is 2.56. The summed E-state index contributed by atoms with van der Waals surface area (Å²) in [5, 5.41) is 15.9. The lowest BCUT2D eigenvalue weighted by molar-refractivity contribution is 0.197. The van der Waals surface area contributed by atoms with E-state index in [-0.39, 0.29) is 6.61 Å². The van der Waals surface area contributed by atoms with Crippen molar-refractivity contribution in [1.82, 2.24) is 19.7 Å². The number of hydrogen-bond acceptors (Lipinski definition) is 4. The summed E-state index contributed by atoms with van der Waals surface area (Å²) in [6.45, 7) is 2.05. The molecule has 0 amide bonds. The first-order chi connectivity index (χ1) is 7.22. The first-order valence-corrected chi connectivity index (χ1v) is 5.58. The van der Waals surface area contributed by atoms with Crippen molar-refractivity contribution in [3.63, 3.8) is 0 Å². The summed E-state index contributed by atoms with van der Waals surface area (Å²) in [5.41, 5.74) is 0. The predicted molar refractivity (Wildman–Crippen MR) is 59.1 cm³/mol. The number of aromatic amines is 1. The lowest BCUT2D eigenvalue weighted by atomic mass is 10.1. The lowest BCUT2D eigenvalue weighted by Gasteiger charge is -2.30. The van der Waals surface area contributed by atoms with Gasteiger partial charge in [0.1, 0.15) is 6.61 Å². The molecule has 0 spiro atoms. The van der Waals surface area contributed by atoms with Gasteiger partial charge < -0.3 is 10.0 Å². The molecule has 1 aromatic heterocycles. The van der Waals surface area contributed by atoms with E-state index in [0.29, 0.717) is 16.6 Å². The van der Waals surface area contributed by atoms with Crippen LogP contribution in [0.25, 0.3) is 0 Å². The fourth-order valence-corrected chi connectivity index (χ4v) is 2.48. The molecular formula is C9H16N4OS. The smallest absolute Gasteiger partial charge is 0.195 e. The Labute approximate surface area is 93.7 Å². The zero-order valence-electron chi connectivity index (χ0n) is 8.81. The maximum absolute atomic E-state index is 9.17. The van der Waals surface area contributed by atoms with E-state index in [0.717, 1.165) is 19.5 Å². The standard InChI is InChI=1S/C9H16N4OS/c1-12-4-2-3-7(5-12)13-8(6-14)10-11-9(13)15/h7,14H,2-6H2,1H3,(H,11,15). The SMILES string of the molecule is CN1CCCC(n2c(CO)n[nH]c2=S)C1. The quantitative estimate of drug-likeness (QED) is 0.732. The Balaban J connectivity index is 2.27. The van der Waals surface area contributed by atoms with Gasteiger partial charge in [0.2, 0.25) is 0 Å². The normalized spacial score (nSPS) is 23.2. The number of hydrogen-bond donors (Lipinski definition) is 2. The van der Waals surface area contributed by atoms with Crippen LogP contribution in [0, 0.1) is 4.77 Å². The second-order valence-corrected chi connectivity index (χ2v) is 4.42. The highest BCUT2D eigenvalue weighted by molar-refractivity contribution is 7.71. The van der Waals surface area contributed by atoms with Gasteiger partial charge in [-0.15, -0.1) is 0 Å². The Hall–Kier alpha value is -0.720. The van der Waals surface area contributed by atoms with Crippen LogP contribution in [-0.2, 0) is 6.61 Å². The monoisotopic (exact) mass is 228 g/mol. The van der Waals surface area contributed by atoms with Crippen LogP contribution in [0.15, 0.2) is 0 Å². The summed E-state index contributed by atoms with van der Waals surface area (Å²) in [5.74, 6) is 0.639. The van der Waals surface area contributed by atoms with Gasteiger partial charge in [0, 0.05) is 6.54 Å². The summed E-state index contributed by atoms with van der Waals surface area (Å²) in [6.07, 6.45) is 2.27. The van der Waals surface area contributed by atoms with Crippen molar-refractivity contribution in [2.75, 3.05) is 20.1 Å². The molecule has 6 heteroatoms. The van der Waals surface area contributed by atoms with E-state index < -0.39 is 0 Å². The van der Waals surface area contributed by atoms with E-state index in [1.807, 2.05) is 4.57 Å². The molecule has 1 fully saturated rings. The first-order valence-electron chi connectivity index (χ1n) is 5.17. The zero-order valence-corrected chi connectivity index (χ0v) is 9.63. The zero-order chi connectivity index (χ0) is 10.8. The number of rotatable bonds is 2. The van der Waals surface area contributed by atoms with Crippen LogP contribution in [-0.4, -0.2) is 44.9 Å². The highest BCUT2D eigenvalue weighted by atomic mass is 32.1. The number of likely N-dealkylation sites (tertiary alicyclic amines) is 1. The molecular weight excluding hydrogens is 212 g/mol. The van der Waals surface area contributed by atoms with E-state index in [4.69, 9.17) is 17.3 Å². The van der Waals surface area contributed by atoms with Crippen molar-refractivity contribution in [3.05, 3.63) is 10.6 Å². The molecule has 1 saturated heterocycles. The van der Waals surface area contributed by atoms with Gasteiger partial charge in [0.05, 0.1) is 6.04 Å². The number of piperidine rings is 1. The molecule has 1 aromatic rings. The fourth-order valence-electron chi connectivity index (χ4n) is 2.18. The van der Waals surface area contributed by atoms with E-state index >= 15 is 0 Å². The van der Waals surface area contributed by atoms with Crippen molar-refractivity contribution < 1.29 is 5.11 Å². The molecule has 2 rings (SSSR count). The summed E-state index contributed by atoms with van der Waals surface area (Å²) >= 11 is 5.17. The second kappa shape index (κ2) is 4.42. The predicted octanol–water partition coefficient (Wildman–Crippen LogP) is 0.700. The van der Waals surface area contributed by atoms with Crippen LogP contribution < -0.4 is 0 Å². The van der Waals surface area contributed by atoms with E-state index in [2.05, 4.69) is 22.1 Å². The van der Waals surface area contributed by atoms with Crippen LogP contribution in [0.2, 0.25) is 0 Å². The first kappa shape index (κ1) is 10.8. The number of aliphatic hydroxyl groups excluding tert-OH is 1. The third-order valence-electron chi connectivity index (χ3n) is 2.88. The highest BCUT2D eigenvalue weighted by Gasteiger charge is 2.21. The van der Waals surface area contributed by atoms with Crippen LogP contribution in [0.4, 0.5) is 0 Å². The number of aromatic nitrogens is 3. The molecule has 0 saturated carbocycles. The minimum Gasteiger partial charge on any atom is -0.388 e. The summed E-state index contributed by atoms with van der Waals surface area (Å²) in [6, 6.07) is 0.345. The minimum absolute atomic E-state index is 0.0621. The molecule has 0 aromatic carbocycles. The van der Waals surface area contributed by atoms with Crippen molar-refractivity contribution in [2.24, 2.45) is 0 Å². The molecule has 1 unspecified atom stereocenters. The van der Waals surface area contributed by atoms with Crippen LogP contribution in [0.1, 0.15) is 24.7 Å². The van der Waals surface area contributed by atoms with Gasteiger partial charge in [-0.25, -0.2) is 0 Å². The molecule has 5 nitrogen and oxygen atoms in total. The van der Waals surface area contributed by atoms with Crippen LogP contribution in [0.3, 0.4) is 0 Å². The van der Waals surface area contributed by atoms with Gasteiger partial charge in [-0.05, 0) is 38.7 Å². The van der Waals surface area contributed by atoms with Crippen LogP contribution >= 0.6 is 12.2 Å². The third kappa shape index (κ3) is 2.11. The summed E-state index contributed by atoms with van der Waals surface area (Å²) in [7, 11) is 2.11. The van der Waals surface area contributed by atoms with Crippen molar-refractivity contribution in [3.8, 4) is 0 Å². The van der Waals surface area contributed by atoms with Gasteiger partial charge in [-0.3, -0.25) is 9.67 Å². The Morgan fingerprint density at radius 1 is 1.67 bits per heavy atom. The van der Waals surface area contributed by atoms with Crippen molar-refractivity contribution in [1.29, 1.82) is 0 Å². The maximum Gasteiger partial charge on any atom is 0.195 e. The number of H-pyrrole nitrogens is 1. The van der Waals surface area contributed by atoms with Gasteiger partial charge in [-0.1, -0.05) is 0 Å². The third-order valence-corrected chi connectivity index (χ3v) is 3.17. The molecule has 84 valence electrons. The Morgan fingerprint density at radius 2 is 2.47 bits per heavy atom. The van der Waals surface area contributed by atoms with E-state index in [1.165, 1.54) is 6.42 Å². The number of nitrogens with zero attached hydrogens (tertiary/aromatic N) is 3. The van der Waals surface area contributed by atoms with Gasteiger partial charge in [-0.2, -0.15) is 5.10 Å². The molecule has 2 N–H and O–H groups in total. The average molecular weight is 228 g/mol. The molecule has 15 heavy (non-hydrogen) atoms. The number of aliphatic hydroxyl groups is 1. The molecule has 1 aliphatic rings. The van der Waals surface area contributed by atoms with Crippen molar-refractivity contribution >= 4 is 12.2 Å². The van der Waals surface area contributed by atoms with Gasteiger partial charge in [0.25, 0.3) is 0 Å². The second-order valence-electron chi connectivity index (χ2n) is 4.03. The average Bonchev–Trinajstić information content (AvgIpc) is 2.59. The maximum atomic E-state index is 9.17. The molecule has 2 heterocycles. The molecule has 0 bridgehead atoms. The highest BCUT2D eigenvalue weighted by Crippen LogP contribution is 2.21. The number of likely N-dealkylation sites (N-methyl/N-ethyl adjacent to an activating group) is 1. The largest absolute Gasteiger partial charge is 0.388 e. The molecule has 0 aliphatic carbocycles. The van der Waals surface area contributed by atoms with Gasteiger partial charge in [0.15, 0.2) is 10.6 Å². The fraction of sp³-hybridized carbons (Fsp3) is 0.778. The Morgan fingerprint density at radius 3 is 3.13 bits per heavy atom. The van der Waals surface area contributed by atoms with Gasteiger partial charge >= 0.3 is 0 Å². The Bertz CT molecular complexity index is 386. The lowest BCUT2D eigenvalue weighted by Crippen LogP contribution is -2.34. The molecule has 1 atom stereocenters. The molecule has 0 radical (unpaired) electrons. The topological polar surface area (TPSA) is 57.1 Å². The molecule has 1 aliphatic heterocycles.